The molecule has 0 bridgehead atoms. The summed E-state index contributed by atoms with van der Waals surface area (Å²) >= 11 is 0. The van der Waals surface area contributed by atoms with Gasteiger partial charge in [-0.25, -0.2) is 0 Å². The van der Waals surface area contributed by atoms with Crippen molar-refractivity contribution in [3.63, 3.8) is 0 Å². The van der Waals surface area contributed by atoms with Crippen LogP contribution in [0.2, 0.25) is 0 Å². The summed E-state index contributed by atoms with van der Waals surface area (Å²) in [7, 11) is 0. The fourth-order valence-corrected chi connectivity index (χ4v) is 4.54. The first kappa shape index (κ1) is 31.2. The Labute approximate surface area is 227 Å². The molecule has 0 fully saturated rings. The highest BCUT2D eigenvalue weighted by Crippen LogP contribution is 2.22. The normalized spacial score (nSPS) is 11.8. The van der Waals surface area contributed by atoms with Crippen molar-refractivity contribution < 1.29 is 24.6 Å². The summed E-state index contributed by atoms with van der Waals surface area (Å²) in [4.78, 5) is 42.8. The molecule has 2 rings (SSSR count). The van der Waals surface area contributed by atoms with Crippen molar-refractivity contribution in [1.29, 1.82) is 0 Å². The second-order valence-corrected chi connectivity index (χ2v) is 11.6. The average Bonchev–Trinajstić information content (AvgIpc) is 2.86. The molecule has 0 aromatic heterocycles. The average molecular weight is 525 g/mol. The minimum absolute atomic E-state index is 0.0561. The van der Waals surface area contributed by atoms with Gasteiger partial charge in [-0.1, -0.05) is 36.4 Å². The monoisotopic (exact) mass is 524 g/mol. The van der Waals surface area contributed by atoms with Gasteiger partial charge in [-0.05, 0) is 77.6 Å². The zero-order valence-corrected chi connectivity index (χ0v) is 23.8. The van der Waals surface area contributed by atoms with Gasteiger partial charge in [0.2, 0.25) is 0 Å². The smallest absolute Gasteiger partial charge is 0.254 e. The molecule has 0 atom stereocenters. The zero-order valence-electron chi connectivity index (χ0n) is 23.8. The van der Waals surface area contributed by atoms with E-state index in [-0.39, 0.29) is 56.7 Å². The topological polar surface area (TPSA) is 98.2 Å². The number of amides is 2. The maximum Gasteiger partial charge on any atom is 0.254 e. The number of β-amino-alcohol motifs (C(OH)–C–C–N with tert-alkyl or cyclic N) is 2. The third-order valence-electron chi connectivity index (χ3n) is 6.60. The predicted molar refractivity (Wildman–Crippen MR) is 150 cm³/mol. The van der Waals surface area contributed by atoms with Crippen molar-refractivity contribution in [2.24, 2.45) is 0 Å². The SMILES string of the molecule is CC(C)(C)N(CCO)C(=O)c1ccccc1CCC(=O)CCc1ccccc1C(=O)N(CCO)C(C)(C)C. The summed E-state index contributed by atoms with van der Waals surface area (Å²) in [5, 5.41) is 18.9. The second kappa shape index (κ2) is 13.7. The number of hydrogen-bond donors (Lipinski definition) is 2. The minimum atomic E-state index is -0.451. The van der Waals surface area contributed by atoms with E-state index in [1.807, 2.05) is 77.9 Å². The first-order valence-electron chi connectivity index (χ1n) is 13.3. The molecule has 208 valence electrons. The van der Waals surface area contributed by atoms with Gasteiger partial charge in [0.05, 0.1) is 13.2 Å². The van der Waals surface area contributed by atoms with E-state index in [4.69, 9.17) is 0 Å². The lowest BCUT2D eigenvalue weighted by atomic mass is 9.95. The van der Waals surface area contributed by atoms with Gasteiger partial charge in [-0.3, -0.25) is 14.4 Å². The van der Waals surface area contributed by atoms with Gasteiger partial charge in [-0.2, -0.15) is 0 Å². The first-order valence-corrected chi connectivity index (χ1v) is 13.3. The maximum atomic E-state index is 13.3. The van der Waals surface area contributed by atoms with E-state index in [2.05, 4.69) is 0 Å². The van der Waals surface area contributed by atoms with Crippen molar-refractivity contribution in [2.75, 3.05) is 26.3 Å². The molecule has 0 aliphatic carbocycles. The standard InChI is InChI=1S/C31H44N2O5/c1-30(2,3)32(19-21-34)28(37)26-13-9-7-11-23(26)15-17-25(36)18-16-24-12-8-10-14-27(24)29(38)33(20-22-35)31(4,5)6/h7-14,34-35H,15-22H2,1-6H3. The second-order valence-electron chi connectivity index (χ2n) is 11.6. The molecule has 0 spiro atoms. The zero-order chi connectivity index (χ0) is 28.5. The maximum absolute atomic E-state index is 13.3. The van der Waals surface area contributed by atoms with E-state index in [1.165, 1.54) is 0 Å². The summed E-state index contributed by atoms with van der Waals surface area (Å²) in [5.74, 6) is -0.262. The predicted octanol–water partition coefficient (Wildman–Crippen LogP) is 4.29. The van der Waals surface area contributed by atoms with E-state index >= 15 is 0 Å². The quantitative estimate of drug-likeness (QED) is 0.432. The molecule has 38 heavy (non-hydrogen) atoms. The van der Waals surface area contributed by atoms with Crippen LogP contribution in [-0.2, 0) is 17.6 Å². The van der Waals surface area contributed by atoms with Crippen molar-refractivity contribution in [3.05, 3.63) is 70.8 Å². The Morgan fingerprint density at radius 1 is 0.632 bits per heavy atom. The van der Waals surface area contributed by atoms with Crippen LogP contribution in [-0.4, -0.2) is 75.0 Å². The molecular weight excluding hydrogens is 480 g/mol. The van der Waals surface area contributed by atoms with Crippen LogP contribution in [0.5, 0.6) is 0 Å². The van der Waals surface area contributed by atoms with Gasteiger partial charge in [0.25, 0.3) is 11.8 Å². The number of rotatable bonds is 12. The highest BCUT2D eigenvalue weighted by Gasteiger charge is 2.29. The minimum Gasteiger partial charge on any atom is -0.395 e. The number of aliphatic hydroxyl groups is 2. The fraction of sp³-hybridized carbons (Fsp3) is 0.516. The molecule has 0 radical (unpaired) electrons. The van der Waals surface area contributed by atoms with Crippen LogP contribution in [0.15, 0.2) is 48.5 Å². The number of ketones is 1. The molecule has 0 aliphatic rings. The third kappa shape index (κ3) is 8.50. The molecule has 2 aromatic rings. The summed E-state index contributed by atoms with van der Waals surface area (Å²) < 4.78 is 0. The number of aryl methyl sites for hydroxylation is 2. The van der Waals surface area contributed by atoms with Crippen molar-refractivity contribution in [2.45, 2.75) is 78.3 Å². The third-order valence-corrected chi connectivity index (χ3v) is 6.60. The van der Waals surface area contributed by atoms with Crippen LogP contribution < -0.4 is 0 Å². The van der Waals surface area contributed by atoms with Gasteiger partial charge in [0, 0.05) is 48.1 Å². The number of carbonyl (C=O) groups excluding carboxylic acids is 3. The molecule has 7 nitrogen and oxygen atoms in total. The van der Waals surface area contributed by atoms with Crippen LogP contribution >= 0.6 is 0 Å². The van der Waals surface area contributed by atoms with Crippen LogP contribution in [0.3, 0.4) is 0 Å². The summed E-state index contributed by atoms with van der Waals surface area (Å²) in [6.45, 7) is 11.8. The molecule has 0 saturated heterocycles. The Morgan fingerprint density at radius 3 is 1.29 bits per heavy atom. The van der Waals surface area contributed by atoms with Crippen LogP contribution in [0.25, 0.3) is 0 Å². The van der Waals surface area contributed by atoms with Crippen LogP contribution in [0, 0.1) is 0 Å². The Hall–Kier alpha value is -3.03. The van der Waals surface area contributed by atoms with E-state index in [1.54, 1.807) is 21.9 Å². The van der Waals surface area contributed by atoms with Crippen LogP contribution in [0.1, 0.15) is 86.2 Å². The van der Waals surface area contributed by atoms with Crippen molar-refractivity contribution in [1.82, 2.24) is 9.80 Å². The Kier molecular flexibility index (Phi) is 11.2. The number of nitrogens with zero attached hydrogens (tertiary/aromatic N) is 2. The molecule has 0 heterocycles. The number of benzene rings is 2. The Morgan fingerprint density at radius 2 is 0.974 bits per heavy atom. The molecule has 0 unspecified atom stereocenters. The summed E-state index contributed by atoms with van der Waals surface area (Å²) in [6, 6.07) is 14.6. The fourth-order valence-electron chi connectivity index (χ4n) is 4.54. The Bertz CT molecular complexity index is 1010. The molecule has 2 aromatic carbocycles. The lowest BCUT2D eigenvalue weighted by molar-refractivity contribution is -0.119. The van der Waals surface area contributed by atoms with E-state index in [0.717, 1.165) is 11.1 Å². The van der Waals surface area contributed by atoms with Gasteiger partial charge < -0.3 is 20.0 Å². The summed E-state index contributed by atoms with van der Waals surface area (Å²) in [6.07, 6.45) is 1.45. The van der Waals surface area contributed by atoms with Gasteiger partial charge in [0.1, 0.15) is 5.78 Å². The van der Waals surface area contributed by atoms with Crippen LogP contribution in [0.4, 0.5) is 0 Å². The molecule has 2 amide bonds. The highest BCUT2D eigenvalue weighted by atomic mass is 16.3. The van der Waals surface area contributed by atoms with E-state index in [0.29, 0.717) is 24.0 Å². The summed E-state index contributed by atoms with van der Waals surface area (Å²) in [5.41, 5.74) is 1.80. The van der Waals surface area contributed by atoms with Crippen molar-refractivity contribution >= 4 is 17.6 Å². The van der Waals surface area contributed by atoms with E-state index < -0.39 is 11.1 Å². The van der Waals surface area contributed by atoms with Gasteiger partial charge in [-0.15, -0.1) is 0 Å². The van der Waals surface area contributed by atoms with Crippen molar-refractivity contribution in [3.8, 4) is 0 Å². The molecule has 2 N–H and O–H groups in total. The number of aliphatic hydroxyl groups excluding tert-OH is 2. The lowest BCUT2D eigenvalue weighted by Crippen LogP contribution is -2.47. The van der Waals surface area contributed by atoms with Gasteiger partial charge >= 0.3 is 0 Å². The highest BCUT2D eigenvalue weighted by molar-refractivity contribution is 5.97. The molecule has 0 saturated carbocycles. The largest absolute Gasteiger partial charge is 0.395 e. The van der Waals surface area contributed by atoms with E-state index in [9.17, 15) is 24.6 Å². The molecule has 0 aliphatic heterocycles. The lowest BCUT2D eigenvalue weighted by Gasteiger charge is -2.35. The Balaban J connectivity index is 2.11. The number of Topliss-reactive ketones (excluding diaryl/α,β-unsaturated/α-hetero) is 1. The molecule has 7 heteroatoms. The number of hydrogen-bond acceptors (Lipinski definition) is 5. The molecular formula is C31H44N2O5. The first-order chi connectivity index (χ1) is 17.8. The van der Waals surface area contributed by atoms with Gasteiger partial charge in [0.15, 0.2) is 0 Å². The number of carbonyl (C=O) groups is 3.